The summed E-state index contributed by atoms with van der Waals surface area (Å²) in [6.45, 7) is 1.43. The largest absolute Gasteiger partial charge is 0.351 e. The minimum Gasteiger partial charge on any atom is -0.351 e. The van der Waals surface area contributed by atoms with Crippen LogP contribution in [-0.4, -0.2) is 43.9 Å². The minimum absolute atomic E-state index is 0.0498. The van der Waals surface area contributed by atoms with E-state index in [1.54, 1.807) is 6.20 Å². The standard InChI is InChI=1S/C15H15N5O/c21-15(14-9-11-3-1-2-4-13(11)17-14)19-7-5-12(10-19)20-8-6-16-18-20/h1-4,6,8-9,12,17H,5,7,10H2. The molecule has 0 saturated carbocycles. The van der Waals surface area contributed by atoms with Gasteiger partial charge in [0.25, 0.3) is 5.91 Å². The number of nitrogens with zero attached hydrogens (tertiary/aromatic N) is 4. The second-order valence-corrected chi connectivity index (χ2v) is 5.35. The van der Waals surface area contributed by atoms with E-state index in [9.17, 15) is 4.79 Å². The van der Waals surface area contributed by atoms with Crippen molar-refractivity contribution in [3.63, 3.8) is 0 Å². The van der Waals surface area contributed by atoms with Crippen LogP contribution in [-0.2, 0) is 0 Å². The molecule has 1 fully saturated rings. The number of fused-ring (bicyclic) bond motifs is 1. The maximum atomic E-state index is 12.6. The molecule has 21 heavy (non-hydrogen) atoms. The Labute approximate surface area is 121 Å². The van der Waals surface area contributed by atoms with Gasteiger partial charge >= 0.3 is 0 Å². The lowest BCUT2D eigenvalue weighted by Crippen LogP contribution is -2.29. The van der Waals surface area contributed by atoms with Gasteiger partial charge in [-0.15, -0.1) is 5.10 Å². The summed E-state index contributed by atoms with van der Waals surface area (Å²) in [6, 6.07) is 10.1. The summed E-state index contributed by atoms with van der Waals surface area (Å²) in [7, 11) is 0. The maximum absolute atomic E-state index is 12.6. The van der Waals surface area contributed by atoms with Crippen molar-refractivity contribution in [3.8, 4) is 0 Å². The van der Waals surface area contributed by atoms with E-state index >= 15 is 0 Å². The zero-order chi connectivity index (χ0) is 14.2. The van der Waals surface area contributed by atoms with Gasteiger partial charge in [0, 0.05) is 30.2 Å². The Morgan fingerprint density at radius 2 is 2.24 bits per heavy atom. The van der Waals surface area contributed by atoms with E-state index in [-0.39, 0.29) is 11.9 Å². The van der Waals surface area contributed by atoms with E-state index in [1.807, 2.05) is 46.1 Å². The third-order valence-corrected chi connectivity index (χ3v) is 4.03. The second-order valence-electron chi connectivity index (χ2n) is 5.35. The third kappa shape index (κ3) is 2.08. The zero-order valence-electron chi connectivity index (χ0n) is 11.4. The highest BCUT2D eigenvalue weighted by Crippen LogP contribution is 2.23. The minimum atomic E-state index is 0.0498. The number of aromatic amines is 1. The molecule has 106 valence electrons. The van der Waals surface area contributed by atoms with Gasteiger partial charge in [0.15, 0.2) is 0 Å². The van der Waals surface area contributed by atoms with Crippen LogP contribution in [0.3, 0.4) is 0 Å². The molecule has 6 heteroatoms. The fourth-order valence-corrected chi connectivity index (χ4v) is 2.91. The fraction of sp³-hybridized carbons (Fsp3) is 0.267. The normalized spacial score (nSPS) is 18.5. The molecule has 1 atom stereocenters. The summed E-state index contributed by atoms with van der Waals surface area (Å²) in [5, 5.41) is 8.91. The number of rotatable bonds is 2. The number of benzene rings is 1. The smallest absolute Gasteiger partial charge is 0.270 e. The fourth-order valence-electron chi connectivity index (χ4n) is 2.91. The molecule has 1 amide bonds. The van der Waals surface area contributed by atoms with Crippen molar-refractivity contribution in [2.45, 2.75) is 12.5 Å². The van der Waals surface area contributed by atoms with Gasteiger partial charge < -0.3 is 9.88 Å². The number of aromatic nitrogens is 4. The lowest BCUT2D eigenvalue weighted by atomic mass is 10.2. The Bertz CT molecular complexity index is 743. The lowest BCUT2D eigenvalue weighted by Gasteiger charge is -2.15. The SMILES string of the molecule is O=C(c1cc2ccccc2[nH]1)N1CCC(n2ccnn2)C1. The van der Waals surface area contributed by atoms with E-state index in [1.165, 1.54) is 0 Å². The molecule has 0 spiro atoms. The van der Waals surface area contributed by atoms with Crippen molar-refractivity contribution in [2.75, 3.05) is 13.1 Å². The molecule has 0 radical (unpaired) electrons. The summed E-state index contributed by atoms with van der Waals surface area (Å²) in [6.07, 6.45) is 4.43. The van der Waals surface area contributed by atoms with Crippen LogP contribution < -0.4 is 0 Å². The quantitative estimate of drug-likeness (QED) is 0.779. The molecule has 1 aliphatic heterocycles. The zero-order valence-corrected chi connectivity index (χ0v) is 11.4. The summed E-state index contributed by atoms with van der Waals surface area (Å²) < 4.78 is 1.83. The molecular weight excluding hydrogens is 266 g/mol. The number of nitrogens with one attached hydrogen (secondary N) is 1. The van der Waals surface area contributed by atoms with Crippen LogP contribution in [0.5, 0.6) is 0 Å². The number of likely N-dealkylation sites (tertiary alicyclic amines) is 1. The Morgan fingerprint density at radius 3 is 3.05 bits per heavy atom. The van der Waals surface area contributed by atoms with Crippen molar-refractivity contribution in [1.82, 2.24) is 24.9 Å². The summed E-state index contributed by atoms with van der Waals surface area (Å²) in [5.41, 5.74) is 1.64. The van der Waals surface area contributed by atoms with E-state index in [0.717, 1.165) is 23.9 Å². The first-order valence-electron chi connectivity index (χ1n) is 7.04. The average molecular weight is 281 g/mol. The van der Waals surface area contributed by atoms with Gasteiger partial charge in [0.2, 0.25) is 0 Å². The van der Waals surface area contributed by atoms with E-state index in [4.69, 9.17) is 0 Å². The molecule has 1 aromatic carbocycles. The van der Waals surface area contributed by atoms with Gasteiger partial charge in [-0.2, -0.15) is 0 Å². The number of carbonyl (C=O) groups is 1. The van der Waals surface area contributed by atoms with Crippen LogP contribution in [0.25, 0.3) is 10.9 Å². The van der Waals surface area contributed by atoms with Crippen LogP contribution in [0.4, 0.5) is 0 Å². The Hall–Kier alpha value is -2.63. The van der Waals surface area contributed by atoms with Crippen molar-refractivity contribution < 1.29 is 4.79 Å². The Morgan fingerprint density at radius 1 is 1.33 bits per heavy atom. The Kier molecular flexibility index (Phi) is 2.73. The first-order chi connectivity index (χ1) is 10.3. The van der Waals surface area contributed by atoms with Gasteiger partial charge in [0.05, 0.1) is 12.2 Å². The lowest BCUT2D eigenvalue weighted by molar-refractivity contribution is 0.0782. The second kappa shape index (κ2) is 4.73. The molecule has 4 rings (SSSR count). The van der Waals surface area contributed by atoms with E-state index < -0.39 is 0 Å². The highest BCUT2D eigenvalue weighted by atomic mass is 16.2. The van der Waals surface area contributed by atoms with Crippen LogP contribution in [0.15, 0.2) is 42.7 Å². The Balaban J connectivity index is 1.55. The van der Waals surface area contributed by atoms with Crippen LogP contribution in [0.2, 0.25) is 0 Å². The van der Waals surface area contributed by atoms with E-state index in [0.29, 0.717) is 12.2 Å². The number of H-pyrrole nitrogens is 1. The van der Waals surface area contributed by atoms with Crippen LogP contribution in [0.1, 0.15) is 23.0 Å². The first-order valence-corrected chi connectivity index (χ1v) is 7.04. The summed E-state index contributed by atoms with van der Waals surface area (Å²) in [5.74, 6) is 0.0498. The number of carbonyl (C=O) groups excluding carboxylic acids is 1. The molecule has 0 bridgehead atoms. The average Bonchev–Trinajstić information content (AvgIpc) is 3.24. The topological polar surface area (TPSA) is 66.8 Å². The van der Waals surface area contributed by atoms with Crippen molar-refractivity contribution in [3.05, 3.63) is 48.4 Å². The number of para-hydroxylation sites is 1. The maximum Gasteiger partial charge on any atom is 0.270 e. The summed E-state index contributed by atoms with van der Waals surface area (Å²) in [4.78, 5) is 17.6. The summed E-state index contributed by atoms with van der Waals surface area (Å²) >= 11 is 0. The van der Waals surface area contributed by atoms with Gasteiger partial charge in [-0.1, -0.05) is 23.4 Å². The molecule has 3 aromatic rings. The molecule has 1 unspecified atom stereocenters. The van der Waals surface area contributed by atoms with Crippen LogP contribution in [0, 0.1) is 0 Å². The molecule has 6 nitrogen and oxygen atoms in total. The molecule has 1 aliphatic rings. The first kappa shape index (κ1) is 12.1. The number of hydrogen-bond donors (Lipinski definition) is 1. The molecule has 3 heterocycles. The molecule has 1 N–H and O–H groups in total. The highest BCUT2D eigenvalue weighted by molar-refractivity contribution is 5.98. The van der Waals surface area contributed by atoms with E-state index in [2.05, 4.69) is 15.3 Å². The van der Waals surface area contributed by atoms with Gasteiger partial charge in [-0.05, 0) is 18.6 Å². The molecule has 0 aliphatic carbocycles. The predicted molar refractivity (Wildman–Crippen MR) is 77.9 cm³/mol. The molecule has 2 aromatic heterocycles. The van der Waals surface area contributed by atoms with Crippen molar-refractivity contribution in [2.24, 2.45) is 0 Å². The van der Waals surface area contributed by atoms with Gasteiger partial charge in [0.1, 0.15) is 5.69 Å². The van der Waals surface area contributed by atoms with Crippen molar-refractivity contribution in [1.29, 1.82) is 0 Å². The molecule has 1 saturated heterocycles. The monoisotopic (exact) mass is 281 g/mol. The van der Waals surface area contributed by atoms with Gasteiger partial charge in [-0.25, -0.2) is 4.68 Å². The van der Waals surface area contributed by atoms with Crippen LogP contribution >= 0.6 is 0 Å². The number of hydrogen-bond acceptors (Lipinski definition) is 3. The highest BCUT2D eigenvalue weighted by Gasteiger charge is 2.29. The van der Waals surface area contributed by atoms with Gasteiger partial charge in [-0.3, -0.25) is 4.79 Å². The van der Waals surface area contributed by atoms with Crippen molar-refractivity contribution >= 4 is 16.8 Å². The molecular formula is C15H15N5O. The predicted octanol–water partition coefficient (Wildman–Crippen LogP) is 1.85. The third-order valence-electron chi connectivity index (χ3n) is 4.03. The number of amides is 1.